The zero-order chi connectivity index (χ0) is 15.5. The number of rotatable bonds is 3. The summed E-state index contributed by atoms with van der Waals surface area (Å²) in [6, 6.07) is 4.86. The van der Waals surface area contributed by atoms with E-state index in [0.29, 0.717) is 31.6 Å². The van der Waals surface area contributed by atoms with E-state index < -0.39 is 17.3 Å². The molecule has 0 atom stereocenters. The van der Waals surface area contributed by atoms with Crippen molar-refractivity contribution in [2.24, 2.45) is 5.73 Å². The van der Waals surface area contributed by atoms with Crippen molar-refractivity contribution in [3.05, 3.63) is 35.4 Å². The molecular weight excluding hydrogens is 285 g/mol. The standard InChI is InChI=1S/C14H17F3N2O2/c15-14(16,17)11-3-1-2-10(8-11)9-19-12(20)13(18)4-6-21-7-5-13/h1-3,8H,4-7,9,18H2,(H,19,20). The van der Waals surface area contributed by atoms with E-state index in [9.17, 15) is 18.0 Å². The van der Waals surface area contributed by atoms with Crippen molar-refractivity contribution in [3.63, 3.8) is 0 Å². The van der Waals surface area contributed by atoms with Gasteiger partial charge < -0.3 is 15.8 Å². The summed E-state index contributed by atoms with van der Waals surface area (Å²) in [7, 11) is 0. The lowest BCUT2D eigenvalue weighted by molar-refractivity contribution is -0.137. The lowest BCUT2D eigenvalue weighted by Crippen LogP contribution is -2.56. The van der Waals surface area contributed by atoms with Crippen LogP contribution in [0.2, 0.25) is 0 Å². The lowest BCUT2D eigenvalue weighted by Gasteiger charge is -2.31. The first kappa shape index (κ1) is 15.8. The monoisotopic (exact) mass is 302 g/mol. The second-order valence-corrected chi connectivity index (χ2v) is 5.15. The molecule has 0 saturated carbocycles. The van der Waals surface area contributed by atoms with Gasteiger partial charge in [-0.25, -0.2) is 0 Å². The van der Waals surface area contributed by atoms with Gasteiger partial charge in [-0.15, -0.1) is 0 Å². The Morgan fingerprint density at radius 2 is 2.00 bits per heavy atom. The molecule has 116 valence electrons. The van der Waals surface area contributed by atoms with Gasteiger partial charge in [-0.3, -0.25) is 4.79 Å². The van der Waals surface area contributed by atoms with Crippen LogP contribution in [0.1, 0.15) is 24.0 Å². The molecule has 2 rings (SSSR count). The molecule has 0 aliphatic carbocycles. The van der Waals surface area contributed by atoms with Crippen molar-refractivity contribution in [1.29, 1.82) is 0 Å². The highest BCUT2D eigenvalue weighted by Gasteiger charge is 2.35. The van der Waals surface area contributed by atoms with Crippen LogP contribution in [0.15, 0.2) is 24.3 Å². The number of hydrogen-bond acceptors (Lipinski definition) is 3. The highest BCUT2D eigenvalue weighted by atomic mass is 19.4. The predicted octanol–water partition coefficient (Wildman–Crippen LogP) is 1.83. The van der Waals surface area contributed by atoms with Crippen LogP contribution >= 0.6 is 0 Å². The van der Waals surface area contributed by atoms with Crippen LogP contribution in [0.5, 0.6) is 0 Å². The van der Waals surface area contributed by atoms with Crippen LogP contribution in [-0.4, -0.2) is 24.7 Å². The molecule has 0 radical (unpaired) electrons. The fraction of sp³-hybridized carbons (Fsp3) is 0.500. The molecule has 0 spiro atoms. The van der Waals surface area contributed by atoms with Gasteiger partial charge in [-0.2, -0.15) is 13.2 Å². The normalized spacial score (nSPS) is 18.3. The number of ether oxygens (including phenoxy) is 1. The summed E-state index contributed by atoms with van der Waals surface area (Å²) < 4.78 is 42.9. The summed E-state index contributed by atoms with van der Waals surface area (Å²) in [6.07, 6.45) is -3.58. The Morgan fingerprint density at radius 1 is 1.33 bits per heavy atom. The summed E-state index contributed by atoms with van der Waals surface area (Å²) in [5.74, 6) is -0.358. The summed E-state index contributed by atoms with van der Waals surface area (Å²) >= 11 is 0. The van der Waals surface area contributed by atoms with Crippen molar-refractivity contribution in [2.75, 3.05) is 13.2 Å². The number of carbonyl (C=O) groups is 1. The summed E-state index contributed by atoms with van der Waals surface area (Å²) in [4.78, 5) is 12.1. The van der Waals surface area contributed by atoms with E-state index in [1.165, 1.54) is 12.1 Å². The summed E-state index contributed by atoms with van der Waals surface area (Å²) in [5, 5.41) is 2.60. The minimum absolute atomic E-state index is 0.0164. The Hall–Kier alpha value is -1.60. The van der Waals surface area contributed by atoms with Crippen molar-refractivity contribution >= 4 is 5.91 Å². The van der Waals surface area contributed by atoms with E-state index in [-0.39, 0.29) is 12.5 Å². The fourth-order valence-electron chi connectivity index (χ4n) is 2.18. The molecule has 3 N–H and O–H groups in total. The first-order valence-electron chi connectivity index (χ1n) is 6.62. The molecule has 1 amide bonds. The van der Waals surface area contributed by atoms with Crippen molar-refractivity contribution in [3.8, 4) is 0 Å². The number of carbonyl (C=O) groups excluding carboxylic acids is 1. The molecule has 4 nitrogen and oxygen atoms in total. The predicted molar refractivity (Wildman–Crippen MR) is 70.3 cm³/mol. The summed E-state index contributed by atoms with van der Waals surface area (Å²) in [5.41, 5.74) is 4.64. The molecule has 7 heteroatoms. The first-order chi connectivity index (χ1) is 9.81. The van der Waals surface area contributed by atoms with E-state index in [1.54, 1.807) is 0 Å². The Balaban J connectivity index is 1.98. The second-order valence-electron chi connectivity index (χ2n) is 5.15. The van der Waals surface area contributed by atoms with Gasteiger partial charge in [-0.05, 0) is 30.5 Å². The van der Waals surface area contributed by atoms with E-state index in [0.717, 1.165) is 12.1 Å². The minimum atomic E-state index is -4.39. The maximum Gasteiger partial charge on any atom is 0.416 e. The molecule has 1 fully saturated rings. The number of halogens is 3. The van der Waals surface area contributed by atoms with Crippen LogP contribution < -0.4 is 11.1 Å². The SMILES string of the molecule is NC1(C(=O)NCc2cccc(C(F)(F)F)c2)CCOCC1. The number of benzene rings is 1. The van der Waals surface area contributed by atoms with Crippen molar-refractivity contribution < 1.29 is 22.7 Å². The zero-order valence-corrected chi connectivity index (χ0v) is 11.4. The minimum Gasteiger partial charge on any atom is -0.381 e. The molecule has 0 unspecified atom stereocenters. The Morgan fingerprint density at radius 3 is 2.62 bits per heavy atom. The van der Waals surface area contributed by atoms with Gasteiger partial charge >= 0.3 is 6.18 Å². The number of amides is 1. The van der Waals surface area contributed by atoms with E-state index in [4.69, 9.17) is 10.5 Å². The third-order valence-corrected chi connectivity index (χ3v) is 3.54. The third-order valence-electron chi connectivity index (χ3n) is 3.54. The fourth-order valence-corrected chi connectivity index (χ4v) is 2.18. The average molecular weight is 302 g/mol. The largest absolute Gasteiger partial charge is 0.416 e. The lowest BCUT2D eigenvalue weighted by atomic mass is 9.90. The van der Waals surface area contributed by atoms with Crippen LogP contribution in [0.3, 0.4) is 0 Å². The van der Waals surface area contributed by atoms with Gasteiger partial charge in [0.25, 0.3) is 0 Å². The quantitative estimate of drug-likeness (QED) is 0.895. The number of nitrogens with two attached hydrogens (primary N) is 1. The highest BCUT2D eigenvalue weighted by molar-refractivity contribution is 5.86. The van der Waals surface area contributed by atoms with E-state index in [2.05, 4.69) is 5.32 Å². The van der Waals surface area contributed by atoms with E-state index in [1.807, 2.05) is 0 Å². The Bertz CT molecular complexity index is 511. The molecule has 1 saturated heterocycles. The van der Waals surface area contributed by atoms with Crippen LogP contribution in [0.25, 0.3) is 0 Å². The molecule has 1 aliphatic rings. The van der Waals surface area contributed by atoms with Crippen LogP contribution in [0, 0.1) is 0 Å². The molecule has 0 aromatic heterocycles. The molecule has 0 bridgehead atoms. The number of nitrogens with one attached hydrogen (secondary N) is 1. The Kier molecular flexibility index (Phi) is 4.53. The zero-order valence-electron chi connectivity index (χ0n) is 11.4. The maximum atomic E-state index is 12.6. The topological polar surface area (TPSA) is 64.4 Å². The Labute approximate surface area is 120 Å². The average Bonchev–Trinajstić information content (AvgIpc) is 2.45. The molecule has 1 heterocycles. The van der Waals surface area contributed by atoms with Crippen molar-refractivity contribution in [1.82, 2.24) is 5.32 Å². The number of alkyl halides is 3. The van der Waals surface area contributed by atoms with Gasteiger partial charge in [0.15, 0.2) is 0 Å². The van der Waals surface area contributed by atoms with Crippen LogP contribution in [0.4, 0.5) is 13.2 Å². The second kappa shape index (κ2) is 6.03. The van der Waals surface area contributed by atoms with E-state index >= 15 is 0 Å². The maximum absolute atomic E-state index is 12.6. The smallest absolute Gasteiger partial charge is 0.381 e. The third kappa shape index (κ3) is 3.95. The van der Waals surface area contributed by atoms with Gasteiger partial charge in [-0.1, -0.05) is 12.1 Å². The van der Waals surface area contributed by atoms with Gasteiger partial charge in [0, 0.05) is 19.8 Å². The van der Waals surface area contributed by atoms with Crippen molar-refractivity contribution in [2.45, 2.75) is 31.1 Å². The molecule has 1 aromatic rings. The van der Waals surface area contributed by atoms with Crippen LogP contribution in [-0.2, 0) is 22.3 Å². The number of hydrogen-bond donors (Lipinski definition) is 2. The highest BCUT2D eigenvalue weighted by Crippen LogP contribution is 2.29. The molecule has 1 aliphatic heterocycles. The van der Waals surface area contributed by atoms with Gasteiger partial charge in [0.1, 0.15) is 0 Å². The molecule has 21 heavy (non-hydrogen) atoms. The summed E-state index contributed by atoms with van der Waals surface area (Å²) in [6.45, 7) is 0.837. The first-order valence-corrected chi connectivity index (χ1v) is 6.62. The van der Waals surface area contributed by atoms with Gasteiger partial charge in [0.2, 0.25) is 5.91 Å². The molecular formula is C14H17F3N2O2. The molecule has 1 aromatic carbocycles. The van der Waals surface area contributed by atoms with Gasteiger partial charge in [0.05, 0.1) is 11.1 Å².